The molecule has 2 aliphatic rings. The van der Waals surface area contributed by atoms with Gasteiger partial charge in [0, 0.05) is 33.7 Å². The van der Waals surface area contributed by atoms with Gasteiger partial charge in [-0.2, -0.15) is 0 Å². The van der Waals surface area contributed by atoms with Crippen LogP contribution in [0.25, 0.3) is 44.8 Å². The van der Waals surface area contributed by atoms with Gasteiger partial charge in [-0.05, 0) is 175 Å². The minimum absolute atomic E-state index is 0.499. The first-order valence-corrected chi connectivity index (χ1v) is 22.1. The van der Waals surface area contributed by atoms with Gasteiger partial charge in [0.1, 0.15) is 0 Å². The summed E-state index contributed by atoms with van der Waals surface area (Å²) in [6.45, 7) is 19.9. The fourth-order valence-corrected chi connectivity index (χ4v) is 9.84. The summed E-state index contributed by atoms with van der Waals surface area (Å²) < 4.78 is 0. The molecule has 2 aliphatic carbocycles. The summed E-state index contributed by atoms with van der Waals surface area (Å²) >= 11 is 0. The number of hydrogen-bond donors (Lipinski definition) is 0. The molecule has 0 saturated carbocycles. The van der Waals surface area contributed by atoms with Gasteiger partial charge in [-0.15, -0.1) is 0 Å². The zero-order valence-corrected chi connectivity index (χ0v) is 37.3. The lowest BCUT2D eigenvalue weighted by Gasteiger charge is -2.34. The van der Waals surface area contributed by atoms with Crippen molar-refractivity contribution in [2.45, 2.75) is 61.3 Å². The molecule has 2 heteroatoms. The van der Waals surface area contributed by atoms with Crippen LogP contribution in [0.15, 0.2) is 176 Å². The average molecular weight is 805 g/mol. The zero-order valence-electron chi connectivity index (χ0n) is 37.3. The minimum Gasteiger partial charge on any atom is -0.310 e. The van der Waals surface area contributed by atoms with Gasteiger partial charge in [-0.25, -0.2) is 0 Å². The molecule has 0 fully saturated rings. The van der Waals surface area contributed by atoms with E-state index in [2.05, 4.69) is 229 Å². The molecule has 0 amide bonds. The van der Waals surface area contributed by atoms with Gasteiger partial charge in [-0.3, -0.25) is 0 Å². The molecule has 7 aromatic rings. The number of allylic oxidation sites excluding steroid dienone is 6. The molecule has 0 bridgehead atoms. The van der Waals surface area contributed by atoms with Crippen molar-refractivity contribution in [1.29, 1.82) is 0 Å². The van der Waals surface area contributed by atoms with E-state index in [4.69, 9.17) is 0 Å². The van der Waals surface area contributed by atoms with Gasteiger partial charge in [0.15, 0.2) is 0 Å². The van der Waals surface area contributed by atoms with E-state index < -0.39 is 0 Å². The van der Waals surface area contributed by atoms with Crippen molar-refractivity contribution in [2.75, 3.05) is 9.80 Å². The quantitative estimate of drug-likeness (QED) is 0.127. The Hall–Kier alpha value is -6.90. The first-order chi connectivity index (χ1) is 30.1. The van der Waals surface area contributed by atoms with E-state index in [1.165, 1.54) is 100 Å². The Balaban J connectivity index is 1.26. The molecule has 0 heterocycles. The lowest BCUT2D eigenvalue weighted by Crippen LogP contribution is -2.20. The Bertz CT molecular complexity index is 2970. The normalized spacial score (nSPS) is 14.5. The van der Waals surface area contributed by atoms with Crippen LogP contribution < -0.4 is 9.80 Å². The van der Waals surface area contributed by atoms with Crippen molar-refractivity contribution in [1.82, 2.24) is 0 Å². The van der Waals surface area contributed by atoms with Crippen molar-refractivity contribution in [3.05, 3.63) is 226 Å². The van der Waals surface area contributed by atoms with Crippen LogP contribution in [0, 0.1) is 47.5 Å². The van der Waals surface area contributed by atoms with Gasteiger partial charge in [-0.1, -0.05) is 141 Å². The van der Waals surface area contributed by atoms with E-state index in [1.54, 1.807) is 0 Å². The van der Waals surface area contributed by atoms with Crippen molar-refractivity contribution in [3.63, 3.8) is 0 Å². The summed E-state index contributed by atoms with van der Waals surface area (Å²) in [4.78, 5) is 4.97. The molecule has 306 valence electrons. The van der Waals surface area contributed by atoms with E-state index in [9.17, 15) is 0 Å². The van der Waals surface area contributed by atoms with E-state index >= 15 is 0 Å². The average Bonchev–Trinajstić information content (AvgIpc) is 3.27. The molecular formula is C60H56N2. The second kappa shape index (κ2) is 16.9. The van der Waals surface area contributed by atoms with E-state index in [0.717, 1.165) is 29.9 Å². The molecule has 62 heavy (non-hydrogen) atoms. The lowest BCUT2D eigenvalue weighted by atomic mass is 9.86. The molecule has 0 spiro atoms. The summed E-state index contributed by atoms with van der Waals surface area (Å²) in [5.41, 5.74) is 23.3. The molecule has 2 nitrogen and oxygen atoms in total. The fraction of sp³-hybridized carbons (Fsp3) is 0.167. The van der Waals surface area contributed by atoms with Crippen LogP contribution >= 0.6 is 0 Å². The second-order valence-corrected chi connectivity index (χ2v) is 17.3. The predicted molar refractivity (Wildman–Crippen MR) is 269 cm³/mol. The van der Waals surface area contributed by atoms with Crippen LogP contribution in [0.5, 0.6) is 0 Å². The first-order valence-electron chi connectivity index (χ1n) is 22.1. The molecule has 0 aromatic heterocycles. The molecule has 1 unspecified atom stereocenters. The van der Waals surface area contributed by atoms with Crippen molar-refractivity contribution < 1.29 is 0 Å². The van der Waals surface area contributed by atoms with Gasteiger partial charge in [0.25, 0.3) is 0 Å². The highest BCUT2D eigenvalue weighted by Crippen LogP contribution is 2.47. The summed E-state index contributed by atoms with van der Waals surface area (Å²) in [6, 6.07) is 47.3. The third-order valence-electron chi connectivity index (χ3n) is 13.0. The summed E-state index contributed by atoms with van der Waals surface area (Å²) in [7, 11) is 0. The fourth-order valence-electron chi connectivity index (χ4n) is 9.84. The number of para-hydroxylation sites is 1. The monoisotopic (exact) mass is 804 g/mol. The highest BCUT2D eigenvalue weighted by atomic mass is 15.2. The number of hydrogen-bond acceptors (Lipinski definition) is 2. The Morgan fingerprint density at radius 3 is 1.85 bits per heavy atom. The Morgan fingerprint density at radius 2 is 1.24 bits per heavy atom. The Morgan fingerprint density at radius 1 is 0.613 bits per heavy atom. The summed E-state index contributed by atoms with van der Waals surface area (Å²) in [5, 5.41) is 2.54. The lowest BCUT2D eigenvalue weighted by molar-refractivity contribution is 0.728. The topological polar surface area (TPSA) is 6.48 Å². The highest BCUT2D eigenvalue weighted by Gasteiger charge is 2.27. The number of rotatable bonds is 10. The van der Waals surface area contributed by atoms with Crippen LogP contribution in [0.3, 0.4) is 0 Å². The minimum atomic E-state index is 0.499. The number of aryl methyl sites for hydroxylation is 6. The molecule has 7 aromatic carbocycles. The standard InChI is InChI=1S/C60H56N2/c1-9-16-54(61(49-22-11-10-12-23-49)56-37-47(29-27-40(56)3)58-42(5)17-13-18-43(58)6)51-34-35-53-55(36-31-46-21-15-24-52(51)60(46)53)62(50-32-25-39(2)26-33-50)57-38-48(30-28-41(57)4)59-44(7)19-14-20-45(59)8/h9-23,25,27-39H,1,24,26H2,2-8H3/b54-16+. The molecule has 9 rings (SSSR count). The van der Waals surface area contributed by atoms with Crippen LogP contribution in [0.1, 0.15) is 63.4 Å². The van der Waals surface area contributed by atoms with Crippen LogP contribution in [-0.4, -0.2) is 0 Å². The van der Waals surface area contributed by atoms with Crippen LogP contribution in [0.4, 0.5) is 22.7 Å². The molecule has 0 N–H and O–H groups in total. The maximum atomic E-state index is 4.30. The zero-order chi connectivity index (χ0) is 43.1. The van der Waals surface area contributed by atoms with Gasteiger partial charge in [0.2, 0.25) is 0 Å². The van der Waals surface area contributed by atoms with Gasteiger partial charge < -0.3 is 9.80 Å². The maximum absolute atomic E-state index is 4.30. The molecule has 0 radical (unpaired) electrons. The number of anilines is 4. The van der Waals surface area contributed by atoms with Crippen LogP contribution in [0.2, 0.25) is 0 Å². The molecule has 0 aliphatic heterocycles. The van der Waals surface area contributed by atoms with Gasteiger partial charge >= 0.3 is 0 Å². The predicted octanol–water partition coefficient (Wildman–Crippen LogP) is 16.6. The summed E-state index contributed by atoms with van der Waals surface area (Å²) in [6.07, 6.45) is 17.7. The largest absolute Gasteiger partial charge is 0.310 e. The van der Waals surface area contributed by atoms with Crippen LogP contribution in [-0.2, 0) is 6.42 Å². The van der Waals surface area contributed by atoms with Crippen molar-refractivity contribution >= 4 is 45.3 Å². The first kappa shape index (κ1) is 40.5. The van der Waals surface area contributed by atoms with E-state index in [-0.39, 0.29) is 0 Å². The molecule has 1 atom stereocenters. The molecular weight excluding hydrogens is 749 g/mol. The highest BCUT2D eigenvalue weighted by molar-refractivity contribution is 6.07. The van der Waals surface area contributed by atoms with E-state index in [1.807, 2.05) is 6.08 Å². The summed E-state index contributed by atoms with van der Waals surface area (Å²) in [5.74, 6) is 0.499. The maximum Gasteiger partial charge on any atom is 0.0540 e. The smallest absolute Gasteiger partial charge is 0.0540 e. The molecule has 0 saturated heterocycles. The Labute approximate surface area is 369 Å². The van der Waals surface area contributed by atoms with Crippen molar-refractivity contribution in [3.8, 4) is 22.3 Å². The SMILES string of the molecule is C=C/C=C(\c1ccc2c(N(C3=CCC(C)C=C3)c3cc(-c4c(C)cccc4C)ccc3C)ccc3c2c1CC=C3)N(c1ccccc1)c1cc(-c2c(C)cccc2C)ccc1C. The van der Waals surface area contributed by atoms with E-state index in [0.29, 0.717) is 5.92 Å². The van der Waals surface area contributed by atoms with Gasteiger partial charge in [0.05, 0.1) is 11.4 Å². The number of nitrogens with zero attached hydrogens (tertiary/aromatic N) is 2. The number of benzene rings is 7. The second-order valence-electron chi connectivity index (χ2n) is 17.3. The Kier molecular flexibility index (Phi) is 11.0. The van der Waals surface area contributed by atoms with Crippen molar-refractivity contribution in [2.24, 2.45) is 5.92 Å². The third kappa shape index (κ3) is 7.34. The third-order valence-corrected chi connectivity index (χ3v) is 13.0.